The highest BCUT2D eigenvalue weighted by atomic mass is 16.6. The van der Waals surface area contributed by atoms with Crippen molar-refractivity contribution in [1.82, 2.24) is 0 Å². The van der Waals surface area contributed by atoms with E-state index in [0.717, 1.165) is 38.5 Å². The minimum Gasteiger partial charge on any atom is -0.459 e. The number of unbranched alkanes of at least 4 members (excludes halogenated alkanes) is 9. The van der Waals surface area contributed by atoms with Crippen molar-refractivity contribution in [1.29, 1.82) is 0 Å². The van der Waals surface area contributed by atoms with E-state index in [1.165, 1.54) is 38.2 Å². The molecule has 1 aromatic carbocycles. The second kappa shape index (κ2) is 19.1. The lowest BCUT2D eigenvalue weighted by atomic mass is 10.1. The van der Waals surface area contributed by atoms with Crippen LogP contribution in [-0.2, 0) is 19.1 Å². The van der Waals surface area contributed by atoms with Gasteiger partial charge in [-0.05, 0) is 25.7 Å². The van der Waals surface area contributed by atoms with Crippen LogP contribution in [-0.4, -0.2) is 30.4 Å². The fourth-order valence-electron chi connectivity index (χ4n) is 3.53. The maximum Gasteiger partial charge on any atom is 0.330 e. The molecule has 0 saturated heterocycles. The van der Waals surface area contributed by atoms with E-state index in [0.29, 0.717) is 12.0 Å². The van der Waals surface area contributed by atoms with Gasteiger partial charge in [-0.3, -0.25) is 9.59 Å². The number of hydrogen-bond acceptors (Lipinski definition) is 5. The highest BCUT2D eigenvalue weighted by Crippen LogP contribution is 2.14. The van der Waals surface area contributed by atoms with Crippen molar-refractivity contribution in [3.8, 4) is 0 Å². The Morgan fingerprint density at radius 1 is 0.848 bits per heavy atom. The van der Waals surface area contributed by atoms with Crippen molar-refractivity contribution >= 4 is 17.7 Å². The third-order valence-corrected chi connectivity index (χ3v) is 5.50. The predicted molar refractivity (Wildman–Crippen MR) is 132 cm³/mol. The Morgan fingerprint density at radius 3 is 2.15 bits per heavy atom. The second-order valence-electron chi connectivity index (χ2n) is 8.52. The van der Waals surface area contributed by atoms with E-state index in [2.05, 4.69) is 13.8 Å². The molecule has 0 aliphatic carbocycles. The number of carbonyl (C=O) groups excluding carboxylic acids is 3. The summed E-state index contributed by atoms with van der Waals surface area (Å²) in [6.07, 6.45) is 15.5. The Morgan fingerprint density at radius 2 is 1.48 bits per heavy atom. The molecule has 1 rings (SSSR count). The van der Waals surface area contributed by atoms with Crippen molar-refractivity contribution < 1.29 is 23.9 Å². The van der Waals surface area contributed by atoms with Crippen LogP contribution in [0, 0.1) is 0 Å². The molecule has 0 aliphatic rings. The van der Waals surface area contributed by atoms with Gasteiger partial charge in [0.1, 0.15) is 6.10 Å². The summed E-state index contributed by atoms with van der Waals surface area (Å²) in [5.74, 6) is -1.19. The van der Waals surface area contributed by atoms with Gasteiger partial charge in [0.25, 0.3) is 0 Å². The van der Waals surface area contributed by atoms with Gasteiger partial charge in [0.05, 0.1) is 6.42 Å². The quantitative estimate of drug-likeness (QED) is 0.0967. The monoisotopic (exact) mass is 458 g/mol. The Labute approximate surface area is 199 Å². The Balaban J connectivity index is 2.46. The lowest BCUT2D eigenvalue weighted by molar-refractivity contribution is -0.151. The number of Topliss-reactive ketones (excluding diaryl/α,β-unsaturated/α-hetero) is 1. The Bertz CT molecular complexity index is 695. The summed E-state index contributed by atoms with van der Waals surface area (Å²) < 4.78 is 10.7. The molecule has 1 aromatic rings. The summed E-state index contributed by atoms with van der Waals surface area (Å²) in [6.45, 7) is 4.04. The molecule has 0 spiro atoms. The van der Waals surface area contributed by atoms with Crippen LogP contribution in [0.15, 0.2) is 42.5 Å². The summed E-state index contributed by atoms with van der Waals surface area (Å²) in [7, 11) is 0. The SMILES string of the molecule is CCCCCCC/C=C/C(=O)O[C@H](CCCCCCC)CC(=O)OCC(=O)c1ccccc1. The second-order valence-corrected chi connectivity index (χ2v) is 8.52. The molecule has 1 atom stereocenters. The molecule has 5 heteroatoms. The number of hydrogen-bond donors (Lipinski definition) is 0. The summed E-state index contributed by atoms with van der Waals surface area (Å²) in [6, 6.07) is 8.73. The summed E-state index contributed by atoms with van der Waals surface area (Å²) in [5.41, 5.74) is 0.504. The molecule has 5 nitrogen and oxygen atoms in total. The van der Waals surface area contributed by atoms with Crippen LogP contribution < -0.4 is 0 Å². The van der Waals surface area contributed by atoms with E-state index < -0.39 is 18.0 Å². The third-order valence-electron chi connectivity index (χ3n) is 5.50. The van der Waals surface area contributed by atoms with Crippen LogP contribution >= 0.6 is 0 Å². The molecule has 0 amide bonds. The van der Waals surface area contributed by atoms with Crippen LogP contribution in [0.3, 0.4) is 0 Å². The smallest absolute Gasteiger partial charge is 0.330 e. The van der Waals surface area contributed by atoms with Gasteiger partial charge in [-0.2, -0.15) is 0 Å². The summed E-state index contributed by atoms with van der Waals surface area (Å²) in [4.78, 5) is 36.7. The lowest BCUT2D eigenvalue weighted by Gasteiger charge is -2.16. The maximum atomic E-state index is 12.3. The van der Waals surface area contributed by atoms with Crippen molar-refractivity contribution in [2.24, 2.45) is 0 Å². The van der Waals surface area contributed by atoms with Crippen LogP contribution in [0.2, 0.25) is 0 Å². The minimum atomic E-state index is -0.535. The molecule has 0 radical (unpaired) electrons. The molecular formula is C28H42O5. The minimum absolute atomic E-state index is 0.0353. The summed E-state index contributed by atoms with van der Waals surface area (Å²) in [5, 5.41) is 0. The number of ketones is 1. The fourth-order valence-corrected chi connectivity index (χ4v) is 3.53. The molecule has 33 heavy (non-hydrogen) atoms. The number of rotatable bonds is 19. The molecule has 184 valence electrons. The molecular weight excluding hydrogens is 416 g/mol. The molecule has 0 fully saturated rings. The molecule has 0 aromatic heterocycles. The Hall–Kier alpha value is -2.43. The zero-order valence-electron chi connectivity index (χ0n) is 20.6. The standard InChI is InChI=1S/C28H42O5/c1-3-5-7-9-10-12-17-21-27(30)33-25(20-16-11-8-6-4-2)22-28(31)32-23-26(29)24-18-14-13-15-19-24/h13-15,17-19,21,25H,3-12,16,20,22-23H2,1-2H3/b21-17+/t25-/m1/s1. The van der Waals surface area contributed by atoms with Crippen molar-refractivity contribution in [3.05, 3.63) is 48.0 Å². The van der Waals surface area contributed by atoms with Crippen LogP contribution in [0.25, 0.3) is 0 Å². The van der Waals surface area contributed by atoms with Gasteiger partial charge in [-0.1, -0.05) is 102 Å². The zero-order valence-corrected chi connectivity index (χ0v) is 20.6. The van der Waals surface area contributed by atoms with E-state index in [4.69, 9.17) is 9.47 Å². The number of ether oxygens (including phenoxy) is 2. The van der Waals surface area contributed by atoms with Crippen LogP contribution in [0.5, 0.6) is 0 Å². The number of esters is 2. The highest BCUT2D eigenvalue weighted by Gasteiger charge is 2.19. The normalized spacial score (nSPS) is 11.9. The van der Waals surface area contributed by atoms with Gasteiger partial charge in [-0.25, -0.2) is 4.79 Å². The topological polar surface area (TPSA) is 69.7 Å². The molecule has 0 saturated carbocycles. The largest absolute Gasteiger partial charge is 0.459 e. The first-order valence-electron chi connectivity index (χ1n) is 12.7. The van der Waals surface area contributed by atoms with E-state index in [1.54, 1.807) is 24.3 Å². The first-order valence-corrected chi connectivity index (χ1v) is 12.7. The van der Waals surface area contributed by atoms with Gasteiger partial charge in [0, 0.05) is 11.6 Å². The van der Waals surface area contributed by atoms with E-state index in [1.807, 2.05) is 12.1 Å². The first-order chi connectivity index (χ1) is 16.1. The van der Waals surface area contributed by atoms with E-state index in [9.17, 15) is 14.4 Å². The molecule has 0 bridgehead atoms. The van der Waals surface area contributed by atoms with Crippen molar-refractivity contribution in [3.63, 3.8) is 0 Å². The Kier molecular flexibility index (Phi) is 16.5. The lowest BCUT2D eigenvalue weighted by Crippen LogP contribution is -2.23. The number of benzene rings is 1. The van der Waals surface area contributed by atoms with Crippen LogP contribution in [0.4, 0.5) is 0 Å². The van der Waals surface area contributed by atoms with Gasteiger partial charge in [-0.15, -0.1) is 0 Å². The van der Waals surface area contributed by atoms with Gasteiger partial charge >= 0.3 is 11.9 Å². The van der Waals surface area contributed by atoms with Crippen molar-refractivity contribution in [2.45, 2.75) is 103 Å². The molecule has 0 N–H and O–H groups in total. The van der Waals surface area contributed by atoms with Gasteiger partial charge in [0.15, 0.2) is 12.4 Å². The van der Waals surface area contributed by atoms with E-state index >= 15 is 0 Å². The highest BCUT2D eigenvalue weighted by molar-refractivity contribution is 5.97. The van der Waals surface area contributed by atoms with Gasteiger partial charge in [0.2, 0.25) is 0 Å². The van der Waals surface area contributed by atoms with Gasteiger partial charge < -0.3 is 9.47 Å². The molecule has 0 aliphatic heterocycles. The maximum absolute atomic E-state index is 12.3. The van der Waals surface area contributed by atoms with Crippen LogP contribution in [0.1, 0.15) is 108 Å². The predicted octanol–water partition coefficient (Wildman–Crippen LogP) is 6.99. The zero-order chi connectivity index (χ0) is 24.2. The molecule has 0 unspecified atom stereocenters. The van der Waals surface area contributed by atoms with Crippen molar-refractivity contribution in [2.75, 3.05) is 6.61 Å². The number of allylic oxidation sites excluding steroid dienone is 1. The average Bonchev–Trinajstić information content (AvgIpc) is 2.82. The average molecular weight is 459 g/mol. The molecule has 0 heterocycles. The first kappa shape index (κ1) is 28.6. The third kappa shape index (κ3) is 15.1. The number of carbonyl (C=O) groups is 3. The summed E-state index contributed by atoms with van der Waals surface area (Å²) >= 11 is 0. The fraction of sp³-hybridized carbons (Fsp3) is 0.607. The van der Waals surface area contributed by atoms with E-state index in [-0.39, 0.29) is 18.8 Å².